The Morgan fingerprint density at radius 2 is 0.918 bits per heavy atom. The standard InChI is InChI=1S/C43H34O6/c1-3-41(44)48-23-21-46-35-19-15-29-25-33(17-13-31(29)27-35)43(39-11-7-5-9-37(39)38-10-6-8-12-40(38)43)34-18-14-32-28-36(20-16-30(32)26-34)47-22-24-49-42(45)4-2/h3-20,25-28H,1-2,21-24H2. The molecule has 0 saturated carbocycles. The maximum atomic E-state index is 11.4. The number of carbonyl (C=O) groups excluding carboxylic acids is 2. The molecule has 0 heterocycles. The van der Waals surface area contributed by atoms with E-state index in [0.29, 0.717) is 11.5 Å². The van der Waals surface area contributed by atoms with Crippen molar-refractivity contribution in [3.05, 3.63) is 169 Å². The molecule has 1 aliphatic rings. The smallest absolute Gasteiger partial charge is 0.330 e. The Morgan fingerprint density at radius 3 is 1.37 bits per heavy atom. The molecule has 0 N–H and O–H groups in total. The van der Waals surface area contributed by atoms with Crippen LogP contribution in [0.5, 0.6) is 11.5 Å². The Balaban J connectivity index is 1.28. The van der Waals surface area contributed by atoms with Gasteiger partial charge in [-0.1, -0.05) is 98.1 Å². The van der Waals surface area contributed by atoms with Crippen molar-refractivity contribution in [2.45, 2.75) is 5.41 Å². The molecule has 7 rings (SSSR count). The van der Waals surface area contributed by atoms with Crippen LogP contribution in [0.2, 0.25) is 0 Å². The van der Waals surface area contributed by atoms with Crippen molar-refractivity contribution >= 4 is 33.5 Å². The molecule has 242 valence electrons. The zero-order valence-electron chi connectivity index (χ0n) is 26.9. The van der Waals surface area contributed by atoms with E-state index in [9.17, 15) is 9.59 Å². The van der Waals surface area contributed by atoms with E-state index in [1.807, 2.05) is 24.3 Å². The van der Waals surface area contributed by atoms with Crippen LogP contribution < -0.4 is 9.47 Å². The number of ether oxygens (including phenoxy) is 4. The van der Waals surface area contributed by atoms with Gasteiger partial charge in [0.1, 0.15) is 37.9 Å². The topological polar surface area (TPSA) is 71.1 Å². The number of hydrogen-bond donors (Lipinski definition) is 0. The molecular formula is C43H34O6. The molecule has 6 aromatic rings. The molecule has 1 aliphatic carbocycles. The minimum Gasteiger partial charge on any atom is -0.490 e. The average molecular weight is 647 g/mol. The summed E-state index contributed by atoms with van der Waals surface area (Å²) in [6.45, 7) is 7.63. The van der Waals surface area contributed by atoms with E-state index in [1.54, 1.807) is 0 Å². The predicted octanol–water partition coefficient (Wildman–Crippen LogP) is 8.57. The van der Waals surface area contributed by atoms with Gasteiger partial charge in [-0.25, -0.2) is 9.59 Å². The van der Waals surface area contributed by atoms with Gasteiger partial charge < -0.3 is 18.9 Å². The molecule has 49 heavy (non-hydrogen) atoms. The van der Waals surface area contributed by atoms with Crippen molar-refractivity contribution in [1.29, 1.82) is 0 Å². The summed E-state index contributed by atoms with van der Waals surface area (Å²) in [6.07, 6.45) is 2.28. The normalized spacial score (nSPS) is 12.5. The Labute approximate surface area is 284 Å². The van der Waals surface area contributed by atoms with E-state index in [-0.39, 0.29) is 26.4 Å². The number of carbonyl (C=O) groups is 2. The molecular weight excluding hydrogens is 612 g/mol. The second-order valence-electron chi connectivity index (χ2n) is 11.7. The van der Waals surface area contributed by atoms with Gasteiger partial charge >= 0.3 is 11.9 Å². The van der Waals surface area contributed by atoms with E-state index in [1.165, 1.54) is 22.3 Å². The van der Waals surface area contributed by atoms with Crippen LogP contribution in [0.15, 0.2) is 147 Å². The van der Waals surface area contributed by atoms with Gasteiger partial charge in [0.05, 0.1) is 5.41 Å². The summed E-state index contributed by atoms with van der Waals surface area (Å²) in [7, 11) is 0. The predicted molar refractivity (Wildman–Crippen MR) is 192 cm³/mol. The fourth-order valence-electron chi connectivity index (χ4n) is 6.84. The summed E-state index contributed by atoms with van der Waals surface area (Å²) >= 11 is 0. The number of esters is 2. The van der Waals surface area contributed by atoms with Gasteiger partial charge in [0.2, 0.25) is 0 Å². The maximum absolute atomic E-state index is 11.4. The maximum Gasteiger partial charge on any atom is 0.330 e. The van der Waals surface area contributed by atoms with Gasteiger partial charge in [-0.2, -0.15) is 0 Å². The second-order valence-corrected chi connectivity index (χ2v) is 11.7. The Kier molecular flexibility index (Phi) is 8.69. The summed E-state index contributed by atoms with van der Waals surface area (Å²) in [4.78, 5) is 22.7. The Hall–Kier alpha value is -6.14. The highest BCUT2D eigenvalue weighted by molar-refractivity contribution is 5.92. The monoisotopic (exact) mass is 646 g/mol. The third-order valence-corrected chi connectivity index (χ3v) is 8.97. The quantitative estimate of drug-likeness (QED) is 0.0753. The first-order valence-electron chi connectivity index (χ1n) is 16.1. The van der Waals surface area contributed by atoms with Gasteiger partial charge in [0.15, 0.2) is 0 Å². The molecule has 6 heteroatoms. The van der Waals surface area contributed by atoms with E-state index in [0.717, 1.165) is 44.8 Å². The lowest BCUT2D eigenvalue weighted by Crippen LogP contribution is -2.28. The molecule has 0 aromatic heterocycles. The first-order chi connectivity index (χ1) is 24.0. The molecule has 0 saturated heterocycles. The van der Waals surface area contributed by atoms with Crippen molar-refractivity contribution < 1.29 is 28.5 Å². The molecule has 6 aromatic carbocycles. The van der Waals surface area contributed by atoms with Gasteiger partial charge in [0, 0.05) is 12.2 Å². The molecule has 0 radical (unpaired) electrons. The van der Waals surface area contributed by atoms with Crippen LogP contribution in [0, 0.1) is 0 Å². The van der Waals surface area contributed by atoms with Crippen LogP contribution in [-0.4, -0.2) is 38.4 Å². The summed E-state index contributed by atoms with van der Waals surface area (Å²) in [6, 6.07) is 42.7. The second kappa shape index (κ2) is 13.5. The minimum atomic E-state index is -0.566. The first kappa shape index (κ1) is 31.5. The Bertz CT molecular complexity index is 2070. The van der Waals surface area contributed by atoms with Crippen molar-refractivity contribution in [2.75, 3.05) is 26.4 Å². The average Bonchev–Trinajstić information content (AvgIpc) is 3.45. The largest absolute Gasteiger partial charge is 0.490 e. The highest BCUT2D eigenvalue weighted by Crippen LogP contribution is 2.56. The number of rotatable bonds is 12. The molecule has 0 aliphatic heterocycles. The minimum absolute atomic E-state index is 0.149. The van der Waals surface area contributed by atoms with E-state index in [2.05, 4.69) is 110 Å². The molecule has 0 bridgehead atoms. The third-order valence-electron chi connectivity index (χ3n) is 8.97. The molecule has 0 fully saturated rings. The van der Waals surface area contributed by atoms with Crippen LogP contribution in [-0.2, 0) is 24.5 Å². The highest BCUT2D eigenvalue weighted by Gasteiger charge is 2.46. The van der Waals surface area contributed by atoms with Gasteiger partial charge in [-0.3, -0.25) is 0 Å². The van der Waals surface area contributed by atoms with Crippen molar-refractivity contribution in [2.24, 2.45) is 0 Å². The van der Waals surface area contributed by atoms with Crippen LogP contribution in [0.4, 0.5) is 0 Å². The number of benzene rings is 6. The first-order valence-corrected chi connectivity index (χ1v) is 16.1. The zero-order valence-corrected chi connectivity index (χ0v) is 26.9. The lowest BCUT2D eigenvalue weighted by Gasteiger charge is -2.34. The van der Waals surface area contributed by atoms with E-state index in [4.69, 9.17) is 18.9 Å². The Morgan fingerprint density at radius 1 is 0.510 bits per heavy atom. The van der Waals surface area contributed by atoms with Crippen LogP contribution in [0.1, 0.15) is 22.3 Å². The summed E-state index contributed by atoms with van der Waals surface area (Å²) < 4.78 is 21.8. The van der Waals surface area contributed by atoms with Gasteiger partial charge in [-0.15, -0.1) is 0 Å². The van der Waals surface area contributed by atoms with Gasteiger partial charge in [0.25, 0.3) is 0 Å². The molecule has 0 spiro atoms. The zero-order chi connectivity index (χ0) is 33.8. The van der Waals surface area contributed by atoms with Crippen LogP contribution in [0.3, 0.4) is 0 Å². The van der Waals surface area contributed by atoms with Crippen LogP contribution in [0.25, 0.3) is 32.7 Å². The summed E-state index contributed by atoms with van der Waals surface area (Å²) in [5, 5.41) is 4.27. The lowest BCUT2D eigenvalue weighted by molar-refractivity contribution is -0.139. The van der Waals surface area contributed by atoms with E-state index >= 15 is 0 Å². The SMILES string of the molecule is C=CC(=O)OCCOc1ccc2cc(C3(c4ccc5cc(OCCOC(=O)C=C)ccc5c4)c4ccccc4-c4ccccc43)ccc2c1. The molecule has 6 nitrogen and oxygen atoms in total. The summed E-state index contributed by atoms with van der Waals surface area (Å²) in [5.74, 6) is 0.475. The fourth-order valence-corrected chi connectivity index (χ4v) is 6.84. The molecule has 0 atom stereocenters. The lowest BCUT2D eigenvalue weighted by atomic mass is 9.67. The molecule has 0 unspecified atom stereocenters. The van der Waals surface area contributed by atoms with Crippen molar-refractivity contribution in [3.8, 4) is 22.6 Å². The fraction of sp³-hybridized carbons (Fsp3) is 0.116. The van der Waals surface area contributed by atoms with Gasteiger partial charge in [-0.05, 0) is 91.3 Å². The van der Waals surface area contributed by atoms with Crippen molar-refractivity contribution in [3.63, 3.8) is 0 Å². The molecule has 0 amide bonds. The van der Waals surface area contributed by atoms with E-state index < -0.39 is 17.4 Å². The third kappa shape index (κ3) is 5.93. The highest BCUT2D eigenvalue weighted by atomic mass is 16.6. The van der Waals surface area contributed by atoms with Crippen molar-refractivity contribution in [1.82, 2.24) is 0 Å². The number of fused-ring (bicyclic) bond motifs is 5. The summed E-state index contributed by atoms with van der Waals surface area (Å²) in [5.41, 5.74) is 6.67. The number of hydrogen-bond acceptors (Lipinski definition) is 6. The van der Waals surface area contributed by atoms with Crippen LogP contribution >= 0.6 is 0 Å².